The number of Topliss-reactive ketones (excluding diaryl/α,β-unsaturated/α-hetero) is 1. The molecule has 1 fully saturated rings. The number of rotatable bonds is 8. The first-order chi connectivity index (χ1) is 19.4. The van der Waals surface area contributed by atoms with E-state index >= 15 is 0 Å². The molecule has 0 radical (unpaired) electrons. The Morgan fingerprint density at radius 1 is 1.05 bits per heavy atom. The molecule has 0 N–H and O–H groups in total. The summed E-state index contributed by atoms with van der Waals surface area (Å²) >= 11 is 12.2. The first kappa shape index (κ1) is 38.3. The summed E-state index contributed by atoms with van der Waals surface area (Å²) < 4.78 is 73.8. The number of sulfonamides is 1. The topological polar surface area (TPSA) is 57.7 Å². The van der Waals surface area contributed by atoms with Crippen molar-refractivity contribution in [1.29, 1.82) is 0 Å². The molecule has 1 aliphatic heterocycles. The number of ketones is 1. The molecule has 0 amide bonds. The van der Waals surface area contributed by atoms with Crippen molar-refractivity contribution in [3.63, 3.8) is 0 Å². The Kier molecular flexibility index (Phi) is 14.9. The number of hydrogen-bond donors (Lipinski definition) is 0. The molecule has 0 spiro atoms. The van der Waals surface area contributed by atoms with E-state index < -0.39 is 33.0 Å². The van der Waals surface area contributed by atoms with Crippen molar-refractivity contribution >= 4 is 39.0 Å². The number of carbonyl (C=O) groups is 1. The van der Waals surface area contributed by atoms with Crippen LogP contribution in [-0.4, -0.2) is 62.4 Å². The van der Waals surface area contributed by atoms with Gasteiger partial charge in [-0.05, 0) is 94.6 Å². The number of aryl methyl sites for hydroxylation is 1. The molecule has 42 heavy (non-hydrogen) atoms. The second-order valence-electron chi connectivity index (χ2n) is 10.3. The zero-order valence-corrected chi connectivity index (χ0v) is 27.6. The van der Waals surface area contributed by atoms with Gasteiger partial charge in [-0.25, -0.2) is 17.1 Å². The summed E-state index contributed by atoms with van der Waals surface area (Å²) in [5, 5.41) is 0.926. The Labute approximate surface area is 258 Å². The SMILES string of the molecule is CC.CC(=O)C(C)(CCN1CCC(N(C)S(C)(=O)=O)CC1)c1ccc(Cl)c(Cl)c1.CCc1ccc(C(F)(F)F)c(F)c1. The van der Waals surface area contributed by atoms with Crippen LogP contribution in [0.2, 0.25) is 10.0 Å². The number of piperidine rings is 1. The quantitative estimate of drug-likeness (QED) is 0.270. The minimum Gasteiger partial charge on any atom is -0.303 e. The van der Waals surface area contributed by atoms with E-state index in [-0.39, 0.29) is 11.8 Å². The van der Waals surface area contributed by atoms with E-state index in [0.29, 0.717) is 28.5 Å². The molecule has 0 saturated carbocycles. The molecule has 1 saturated heterocycles. The molecule has 0 bridgehead atoms. The lowest BCUT2D eigenvalue weighted by molar-refractivity contribution is -0.140. The average Bonchev–Trinajstić information content (AvgIpc) is 2.93. The first-order valence-electron chi connectivity index (χ1n) is 13.9. The Morgan fingerprint density at radius 2 is 1.62 bits per heavy atom. The molecule has 238 valence electrons. The van der Waals surface area contributed by atoms with Crippen molar-refractivity contribution in [2.45, 2.75) is 77.9 Å². The van der Waals surface area contributed by atoms with E-state index in [0.717, 1.165) is 50.2 Å². The van der Waals surface area contributed by atoms with E-state index in [2.05, 4.69) is 4.90 Å². The number of benzene rings is 2. The van der Waals surface area contributed by atoms with Crippen molar-refractivity contribution in [3.05, 3.63) is 69.0 Å². The number of likely N-dealkylation sites (tertiary alicyclic amines) is 1. The molecular weight excluding hydrogens is 615 g/mol. The number of nitrogens with zero attached hydrogens (tertiary/aromatic N) is 2. The highest BCUT2D eigenvalue weighted by Crippen LogP contribution is 2.34. The summed E-state index contributed by atoms with van der Waals surface area (Å²) in [6.45, 7) is 11.7. The van der Waals surface area contributed by atoms with Gasteiger partial charge in [-0.2, -0.15) is 13.2 Å². The zero-order valence-electron chi connectivity index (χ0n) is 25.3. The lowest BCUT2D eigenvalue weighted by Crippen LogP contribution is -2.46. The molecule has 1 heterocycles. The maximum Gasteiger partial charge on any atom is 0.419 e. The third-order valence-corrected chi connectivity index (χ3v) is 9.69. The van der Waals surface area contributed by atoms with Crippen LogP contribution in [0.25, 0.3) is 0 Å². The predicted octanol–water partition coefficient (Wildman–Crippen LogP) is 8.02. The second kappa shape index (κ2) is 16.4. The molecule has 12 heteroatoms. The van der Waals surface area contributed by atoms with Crippen LogP contribution in [0.15, 0.2) is 36.4 Å². The maximum absolute atomic E-state index is 12.8. The van der Waals surface area contributed by atoms with E-state index in [4.69, 9.17) is 23.2 Å². The van der Waals surface area contributed by atoms with Crippen LogP contribution in [0.1, 0.15) is 70.6 Å². The Balaban J connectivity index is 0.000000491. The van der Waals surface area contributed by atoms with Gasteiger partial charge >= 0.3 is 6.18 Å². The highest BCUT2D eigenvalue weighted by atomic mass is 35.5. The minimum absolute atomic E-state index is 0.0468. The lowest BCUT2D eigenvalue weighted by Gasteiger charge is -2.37. The van der Waals surface area contributed by atoms with Gasteiger partial charge < -0.3 is 4.90 Å². The van der Waals surface area contributed by atoms with Crippen LogP contribution in [0.4, 0.5) is 17.6 Å². The highest BCUT2D eigenvalue weighted by molar-refractivity contribution is 7.88. The van der Waals surface area contributed by atoms with Crippen molar-refractivity contribution in [2.24, 2.45) is 0 Å². The first-order valence-corrected chi connectivity index (χ1v) is 16.5. The molecule has 1 aliphatic rings. The van der Waals surface area contributed by atoms with Gasteiger partial charge in [0.05, 0.1) is 27.3 Å². The predicted molar refractivity (Wildman–Crippen MR) is 163 cm³/mol. The van der Waals surface area contributed by atoms with Gasteiger partial charge in [-0.3, -0.25) is 4.79 Å². The Bertz CT molecular complexity index is 1280. The van der Waals surface area contributed by atoms with Gasteiger partial charge in [0, 0.05) is 13.1 Å². The second-order valence-corrected chi connectivity index (χ2v) is 13.1. The molecule has 5 nitrogen and oxygen atoms in total. The van der Waals surface area contributed by atoms with Gasteiger partial charge in [0.1, 0.15) is 11.6 Å². The van der Waals surface area contributed by atoms with Crippen LogP contribution in [-0.2, 0) is 32.8 Å². The third kappa shape index (κ3) is 10.8. The van der Waals surface area contributed by atoms with Crippen LogP contribution >= 0.6 is 23.2 Å². The fourth-order valence-corrected chi connectivity index (χ4v) is 5.58. The monoisotopic (exact) mass is 656 g/mol. The lowest BCUT2D eigenvalue weighted by atomic mass is 9.76. The van der Waals surface area contributed by atoms with Crippen molar-refractivity contribution in [3.8, 4) is 0 Å². The van der Waals surface area contributed by atoms with E-state index in [1.165, 1.54) is 16.6 Å². The molecule has 0 aliphatic carbocycles. The molecule has 1 atom stereocenters. The molecular formula is C30H42Cl2F4N2O3S. The zero-order chi connectivity index (χ0) is 32.5. The largest absolute Gasteiger partial charge is 0.419 e. The van der Waals surface area contributed by atoms with Gasteiger partial charge in [0.15, 0.2) is 0 Å². The van der Waals surface area contributed by atoms with Crippen LogP contribution in [0, 0.1) is 5.82 Å². The summed E-state index contributed by atoms with van der Waals surface area (Å²) in [6, 6.07) is 8.39. The summed E-state index contributed by atoms with van der Waals surface area (Å²) in [6.07, 6.45) is -0.562. The van der Waals surface area contributed by atoms with Crippen LogP contribution in [0.5, 0.6) is 0 Å². The average molecular weight is 658 g/mol. The van der Waals surface area contributed by atoms with Crippen LogP contribution in [0.3, 0.4) is 0 Å². The fraction of sp³-hybridized carbons (Fsp3) is 0.567. The van der Waals surface area contributed by atoms with Gasteiger partial charge in [0.2, 0.25) is 10.0 Å². The third-order valence-electron chi connectivity index (χ3n) is 7.60. The highest BCUT2D eigenvalue weighted by Gasteiger charge is 2.35. The van der Waals surface area contributed by atoms with E-state index in [1.807, 2.05) is 26.8 Å². The molecule has 1 unspecified atom stereocenters. The van der Waals surface area contributed by atoms with E-state index in [1.54, 1.807) is 33.0 Å². The van der Waals surface area contributed by atoms with Gasteiger partial charge in [0.25, 0.3) is 0 Å². The maximum atomic E-state index is 12.8. The Hall–Kier alpha value is -1.72. The Morgan fingerprint density at radius 3 is 2.05 bits per heavy atom. The smallest absolute Gasteiger partial charge is 0.303 e. The number of carbonyl (C=O) groups excluding carboxylic acids is 1. The van der Waals surface area contributed by atoms with Gasteiger partial charge in [-0.15, -0.1) is 0 Å². The molecule has 3 rings (SSSR count). The summed E-state index contributed by atoms with van der Waals surface area (Å²) in [7, 11) is -1.52. The molecule has 2 aromatic rings. The summed E-state index contributed by atoms with van der Waals surface area (Å²) in [5.74, 6) is -1.11. The summed E-state index contributed by atoms with van der Waals surface area (Å²) in [4.78, 5) is 14.7. The summed E-state index contributed by atoms with van der Waals surface area (Å²) in [5.41, 5.74) is -0.402. The fourth-order valence-electron chi connectivity index (χ4n) is 4.53. The number of hydrogen-bond acceptors (Lipinski definition) is 4. The van der Waals surface area contributed by atoms with Crippen molar-refractivity contribution in [1.82, 2.24) is 9.21 Å². The molecule has 0 aromatic heterocycles. The van der Waals surface area contributed by atoms with Crippen molar-refractivity contribution in [2.75, 3.05) is 32.9 Å². The number of halogens is 6. The minimum atomic E-state index is -4.60. The molecule has 2 aromatic carbocycles. The normalized spacial score (nSPS) is 16.1. The number of alkyl halides is 3. The van der Waals surface area contributed by atoms with Crippen molar-refractivity contribution < 1.29 is 30.8 Å². The standard InChI is InChI=1S/C19H28Cl2N2O3S.C9H8F4.C2H6/c1-14(24)19(2,15-5-6-17(20)18(21)13-15)9-12-23-10-7-16(8-11-23)22(3)27(4,25)26;1-2-6-3-4-7(8(10)5-6)9(11,12)13;1-2/h5-6,13,16H,7-12H2,1-4H3;3-5H,2H2,1H3;1-2H3. The van der Waals surface area contributed by atoms with Gasteiger partial charge in [-0.1, -0.05) is 56.1 Å². The van der Waals surface area contributed by atoms with Crippen LogP contribution < -0.4 is 0 Å². The van der Waals surface area contributed by atoms with E-state index in [9.17, 15) is 30.8 Å².